The van der Waals surface area contributed by atoms with Crippen LogP contribution in [0.2, 0.25) is 0 Å². The van der Waals surface area contributed by atoms with Gasteiger partial charge in [0.2, 0.25) is 11.8 Å². The van der Waals surface area contributed by atoms with Crippen LogP contribution in [0.1, 0.15) is 24.1 Å². The molecule has 0 radical (unpaired) electrons. The van der Waals surface area contributed by atoms with Gasteiger partial charge in [-0.2, -0.15) is 18.2 Å². The molecule has 2 heterocycles. The summed E-state index contributed by atoms with van der Waals surface area (Å²) in [4.78, 5) is 7.64. The van der Waals surface area contributed by atoms with E-state index in [1.165, 1.54) is 0 Å². The second-order valence-corrected chi connectivity index (χ2v) is 8.30. The molecule has 0 bridgehead atoms. The van der Waals surface area contributed by atoms with Gasteiger partial charge in [0.05, 0.1) is 0 Å². The molecule has 1 aliphatic heterocycles. The predicted octanol–water partition coefficient (Wildman–Crippen LogP) is 5.32. The first kappa shape index (κ1) is 23.9. The van der Waals surface area contributed by atoms with Crippen molar-refractivity contribution in [1.29, 1.82) is 0 Å². The van der Waals surface area contributed by atoms with Gasteiger partial charge in [0, 0.05) is 31.2 Å². The van der Waals surface area contributed by atoms with Gasteiger partial charge in [0.15, 0.2) is 10.8 Å². The number of nitrogens with zero attached hydrogens (tertiary/aromatic N) is 2. The van der Waals surface area contributed by atoms with Crippen molar-refractivity contribution in [2.75, 3.05) is 25.1 Å². The molecular weight excluding hydrogens is 465 g/mol. The van der Waals surface area contributed by atoms with Gasteiger partial charge in [0.1, 0.15) is 5.75 Å². The van der Waals surface area contributed by atoms with Crippen LogP contribution >= 0.6 is 12.2 Å². The zero-order valence-corrected chi connectivity index (χ0v) is 19.0. The second kappa shape index (κ2) is 10.4. The Balaban J connectivity index is 1.50. The predicted molar refractivity (Wildman–Crippen MR) is 126 cm³/mol. The number of anilines is 1. The van der Waals surface area contributed by atoms with Crippen LogP contribution in [0.4, 0.5) is 19.1 Å². The van der Waals surface area contributed by atoms with Crippen molar-refractivity contribution >= 4 is 23.3 Å². The molecule has 1 aliphatic rings. The zero-order chi connectivity index (χ0) is 24.0. The SMILES string of the molecule is FC(F)(F)c1cc(Oc2ccccc2)nc(NC(=S)NCC2(c3ccccc3)CCOCC2)n1. The molecule has 2 aromatic carbocycles. The van der Waals surface area contributed by atoms with E-state index in [-0.39, 0.29) is 22.4 Å². The Labute approximate surface area is 200 Å². The van der Waals surface area contributed by atoms with Crippen LogP contribution in [0, 0.1) is 0 Å². The molecule has 0 unspecified atom stereocenters. The monoisotopic (exact) mass is 488 g/mol. The van der Waals surface area contributed by atoms with Crippen LogP contribution in [0.3, 0.4) is 0 Å². The first-order valence-corrected chi connectivity index (χ1v) is 11.1. The minimum Gasteiger partial charge on any atom is -0.439 e. The van der Waals surface area contributed by atoms with E-state index in [2.05, 4.69) is 32.7 Å². The quantitative estimate of drug-likeness (QED) is 0.455. The highest BCUT2D eigenvalue weighted by Gasteiger charge is 2.35. The van der Waals surface area contributed by atoms with Crippen LogP contribution in [0.15, 0.2) is 66.7 Å². The number of benzene rings is 2. The van der Waals surface area contributed by atoms with Crippen LogP contribution in [0.25, 0.3) is 0 Å². The Morgan fingerprint density at radius 3 is 2.29 bits per heavy atom. The van der Waals surface area contributed by atoms with E-state index >= 15 is 0 Å². The van der Waals surface area contributed by atoms with Crippen LogP contribution in [-0.2, 0) is 16.3 Å². The Bertz CT molecular complexity index is 1110. The lowest BCUT2D eigenvalue weighted by molar-refractivity contribution is -0.141. The topological polar surface area (TPSA) is 68.3 Å². The second-order valence-electron chi connectivity index (χ2n) is 7.89. The molecule has 1 fully saturated rings. The summed E-state index contributed by atoms with van der Waals surface area (Å²) in [6, 6.07) is 19.2. The Morgan fingerprint density at radius 2 is 1.65 bits per heavy atom. The maximum atomic E-state index is 13.4. The summed E-state index contributed by atoms with van der Waals surface area (Å²) in [5.41, 5.74) is -0.187. The van der Waals surface area contributed by atoms with Crippen LogP contribution in [-0.4, -0.2) is 34.8 Å². The van der Waals surface area contributed by atoms with Gasteiger partial charge < -0.3 is 20.1 Å². The third kappa shape index (κ3) is 6.00. The first-order chi connectivity index (χ1) is 16.3. The molecule has 6 nitrogen and oxygen atoms in total. The minimum atomic E-state index is -4.68. The molecule has 0 aliphatic carbocycles. The summed E-state index contributed by atoms with van der Waals surface area (Å²) in [5.74, 6) is -0.201. The minimum absolute atomic E-state index is 0.117. The largest absolute Gasteiger partial charge is 0.439 e. The van der Waals surface area contributed by atoms with Gasteiger partial charge in [-0.05, 0) is 42.8 Å². The number of rotatable bonds is 6. The number of nitrogens with one attached hydrogen (secondary N) is 2. The first-order valence-electron chi connectivity index (χ1n) is 10.7. The highest BCUT2D eigenvalue weighted by Crippen LogP contribution is 2.34. The average molecular weight is 489 g/mol. The van der Waals surface area contributed by atoms with E-state index in [0.717, 1.165) is 24.5 Å². The highest BCUT2D eigenvalue weighted by molar-refractivity contribution is 7.80. The van der Waals surface area contributed by atoms with Gasteiger partial charge in [-0.3, -0.25) is 0 Å². The van der Waals surface area contributed by atoms with Gasteiger partial charge in [-0.1, -0.05) is 48.5 Å². The average Bonchev–Trinajstić information content (AvgIpc) is 2.84. The van der Waals surface area contributed by atoms with Crippen LogP contribution < -0.4 is 15.4 Å². The Hall–Kier alpha value is -3.24. The van der Waals surface area contributed by atoms with Gasteiger partial charge in [0.25, 0.3) is 0 Å². The van der Waals surface area contributed by atoms with Gasteiger partial charge in [-0.15, -0.1) is 0 Å². The third-order valence-electron chi connectivity index (χ3n) is 5.61. The number of thiocarbonyl (C=S) groups is 1. The van der Waals surface area contributed by atoms with Crippen molar-refractivity contribution in [3.8, 4) is 11.6 Å². The third-order valence-corrected chi connectivity index (χ3v) is 5.85. The maximum absolute atomic E-state index is 13.4. The van der Waals surface area contributed by atoms with E-state index in [1.807, 2.05) is 18.2 Å². The lowest BCUT2D eigenvalue weighted by Gasteiger charge is -2.38. The standard InChI is InChI=1S/C24H23F3N4O2S/c25-24(26,27)19-15-20(33-18-9-5-2-6-10-18)30-21(29-19)31-22(34)28-16-23(11-13-32-14-12-23)17-7-3-1-4-8-17/h1-10,15H,11-14,16H2,(H2,28,29,30,31,34). The fourth-order valence-electron chi connectivity index (χ4n) is 3.80. The van der Waals surface area contributed by atoms with Crippen molar-refractivity contribution < 1.29 is 22.6 Å². The van der Waals surface area contributed by atoms with E-state index < -0.39 is 11.9 Å². The van der Waals surface area contributed by atoms with E-state index in [4.69, 9.17) is 21.7 Å². The summed E-state index contributed by atoms with van der Waals surface area (Å²) in [6.45, 7) is 1.72. The Morgan fingerprint density at radius 1 is 1.00 bits per heavy atom. The van der Waals surface area contributed by atoms with Crippen LogP contribution in [0.5, 0.6) is 11.6 Å². The molecule has 34 heavy (non-hydrogen) atoms. The van der Waals surface area contributed by atoms with E-state index in [9.17, 15) is 13.2 Å². The molecule has 0 atom stereocenters. The van der Waals surface area contributed by atoms with Crippen molar-refractivity contribution in [3.63, 3.8) is 0 Å². The summed E-state index contributed by atoms with van der Waals surface area (Å²) >= 11 is 5.36. The maximum Gasteiger partial charge on any atom is 0.433 e. The fraction of sp³-hybridized carbons (Fsp3) is 0.292. The normalized spacial score (nSPS) is 15.4. The van der Waals surface area contributed by atoms with Gasteiger partial charge >= 0.3 is 6.18 Å². The lowest BCUT2D eigenvalue weighted by Crippen LogP contribution is -2.45. The summed E-state index contributed by atoms with van der Waals surface area (Å²) in [5, 5.41) is 5.92. The molecular formula is C24H23F3N4O2S. The van der Waals surface area contributed by atoms with Crippen molar-refractivity contribution in [1.82, 2.24) is 15.3 Å². The molecule has 10 heteroatoms. The smallest absolute Gasteiger partial charge is 0.433 e. The molecule has 0 saturated carbocycles. The summed E-state index contributed by atoms with van der Waals surface area (Å²) in [6.07, 6.45) is -3.09. The Kier molecular flexibility index (Phi) is 7.28. The molecule has 0 amide bonds. The molecule has 178 valence electrons. The molecule has 0 spiro atoms. The number of aromatic nitrogens is 2. The van der Waals surface area contributed by atoms with E-state index in [1.54, 1.807) is 30.3 Å². The fourth-order valence-corrected chi connectivity index (χ4v) is 3.97. The zero-order valence-electron chi connectivity index (χ0n) is 18.1. The number of ether oxygens (including phenoxy) is 2. The molecule has 1 saturated heterocycles. The molecule has 4 rings (SSSR count). The number of para-hydroxylation sites is 1. The summed E-state index contributed by atoms with van der Waals surface area (Å²) < 4.78 is 51.3. The summed E-state index contributed by atoms with van der Waals surface area (Å²) in [7, 11) is 0. The highest BCUT2D eigenvalue weighted by atomic mass is 32.1. The van der Waals surface area contributed by atoms with Crippen molar-refractivity contribution in [2.24, 2.45) is 0 Å². The lowest BCUT2D eigenvalue weighted by atomic mass is 9.74. The number of hydrogen-bond donors (Lipinski definition) is 2. The number of hydrogen-bond acceptors (Lipinski definition) is 5. The molecule has 2 N–H and O–H groups in total. The molecule has 3 aromatic rings. The van der Waals surface area contributed by atoms with E-state index in [0.29, 0.717) is 25.5 Å². The van der Waals surface area contributed by atoms with Crippen molar-refractivity contribution in [3.05, 3.63) is 78.0 Å². The number of alkyl halides is 3. The van der Waals surface area contributed by atoms with Crippen molar-refractivity contribution in [2.45, 2.75) is 24.4 Å². The molecule has 1 aromatic heterocycles. The van der Waals surface area contributed by atoms with Gasteiger partial charge in [-0.25, -0.2) is 4.98 Å². The number of halogens is 3.